The van der Waals surface area contributed by atoms with Crippen LogP contribution in [-0.2, 0) is 27.1 Å². The molecular formula is C25H23N5O4. The Hall–Kier alpha value is -3.37. The van der Waals surface area contributed by atoms with Gasteiger partial charge in [0.1, 0.15) is 24.6 Å². The summed E-state index contributed by atoms with van der Waals surface area (Å²) in [5.74, 6) is -0.130. The zero-order valence-electron chi connectivity index (χ0n) is 18.2. The van der Waals surface area contributed by atoms with E-state index in [1.165, 1.54) is 17.5 Å². The number of aliphatic hydroxyl groups is 1. The molecule has 7 rings (SSSR count). The van der Waals surface area contributed by atoms with Crippen LogP contribution in [0.2, 0.25) is 0 Å². The summed E-state index contributed by atoms with van der Waals surface area (Å²) in [6.45, 7) is -0.160. The lowest BCUT2D eigenvalue weighted by atomic mass is 10.1. The van der Waals surface area contributed by atoms with Crippen LogP contribution < -0.4 is 5.32 Å². The predicted octanol–water partition coefficient (Wildman–Crippen LogP) is 2.74. The first-order valence-corrected chi connectivity index (χ1v) is 11.4. The molecule has 2 N–H and O–H groups in total. The van der Waals surface area contributed by atoms with Gasteiger partial charge in [-0.2, -0.15) is 0 Å². The highest BCUT2D eigenvalue weighted by Gasteiger charge is 2.60. The Morgan fingerprint density at radius 3 is 2.44 bits per heavy atom. The molecule has 0 amide bonds. The van der Waals surface area contributed by atoms with Crippen LogP contribution in [-0.4, -0.2) is 55.3 Å². The van der Waals surface area contributed by atoms with Crippen molar-refractivity contribution in [1.29, 1.82) is 0 Å². The van der Waals surface area contributed by atoms with Gasteiger partial charge >= 0.3 is 0 Å². The van der Waals surface area contributed by atoms with Gasteiger partial charge < -0.3 is 24.6 Å². The second-order valence-corrected chi connectivity index (χ2v) is 8.98. The van der Waals surface area contributed by atoms with Crippen molar-refractivity contribution in [3.63, 3.8) is 0 Å². The van der Waals surface area contributed by atoms with Gasteiger partial charge in [-0.05, 0) is 23.3 Å². The molecule has 2 saturated heterocycles. The van der Waals surface area contributed by atoms with Gasteiger partial charge in [-0.1, -0.05) is 42.5 Å². The Morgan fingerprint density at radius 1 is 0.941 bits per heavy atom. The molecule has 2 aromatic heterocycles. The summed E-state index contributed by atoms with van der Waals surface area (Å²) in [5.41, 5.74) is 4.62. The monoisotopic (exact) mass is 457 g/mol. The van der Waals surface area contributed by atoms with Crippen LogP contribution in [0.4, 0.5) is 11.5 Å². The van der Waals surface area contributed by atoms with Gasteiger partial charge in [-0.15, -0.1) is 0 Å². The Labute approximate surface area is 195 Å². The number of ether oxygens (including phenoxy) is 3. The molecule has 4 heterocycles. The number of para-hydroxylation sites is 1. The number of nitrogens with zero attached hydrogens (tertiary/aromatic N) is 4. The number of aromatic nitrogens is 4. The van der Waals surface area contributed by atoms with E-state index in [9.17, 15) is 5.11 Å². The van der Waals surface area contributed by atoms with Crippen molar-refractivity contribution >= 4 is 22.7 Å². The van der Waals surface area contributed by atoms with Crippen molar-refractivity contribution in [1.82, 2.24) is 19.5 Å². The third kappa shape index (κ3) is 3.05. The lowest BCUT2D eigenvalue weighted by molar-refractivity contribution is -0.213. The summed E-state index contributed by atoms with van der Waals surface area (Å²) in [5, 5.41) is 13.3. The fraction of sp³-hybridized carbons (Fsp3) is 0.320. The molecule has 2 aromatic carbocycles. The topological polar surface area (TPSA) is 104 Å². The van der Waals surface area contributed by atoms with Crippen LogP contribution >= 0.6 is 0 Å². The highest BCUT2D eigenvalue weighted by atomic mass is 16.8. The first-order valence-electron chi connectivity index (χ1n) is 11.4. The van der Waals surface area contributed by atoms with Gasteiger partial charge in [0, 0.05) is 18.5 Å². The Morgan fingerprint density at radius 2 is 1.68 bits per heavy atom. The first kappa shape index (κ1) is 20.0. The molecular weight excluding hydrogens is 434 g/mol. The van der Waals surface area contributed by atoms with Gasteiger partial charge in [0.2, 0.25) is 0 Å². The van der Waals surface area contributed by atoms with Crippen LogP contribution in [0.1, 0.15) is 17.4 Å². The van der Waals surface area contributed by atoms with Crippen molar-refractivity contribution in [2.24, 2.45) is 0 Å². The zero-order valence-corrected chi connectivity index (χ0v) is 18.2. The molecule has 2 aliphatic heterocycles. The molecule has 172 valence electrons. The number of benzene rings is 2. The molecule has 0 saturated carbocycles. The van der Waals surface area contributed by atoms with Gasteiger partial charge in [-0.25, -0.2) is 15.0 Å². The highest BCUT2D eigenvalue weighted by molar-refractivity contribution is 5.85. The first-order chi connectivity index (χ1) is 16.7. The molecule has 1 spiro atoms. The molecule has 1 aliphatic carbocycles. The molecule has 0 radical (unpaired) electrons. The van der Waals surface area contributed by atoms with Crippen molar-refractivity contribution in [2.45, 2.75) is 43.2 Å². The fourth-order valence-corrected chi connectivity index (χ4v) is 5.37. The summed E-state index contributed by atoms with van der Waals surface area (Å²) < 4.78 is 21.1. The average Bonchev–Trinajstić information content (AvgIpc) is 3.61. The summed E-state index contributed by atoms with van der Waals surface area (Å²) in [6.07, 6.45) is 2.74. The Balaban J connectivity index is 1.22. The smallest absolute Gasteiger partial charge is 0.177 e. The third-order valence-corrected chi connectivity index (χ3v) is 6.87. The van der Waals surface area contributed by atoms with E-state index in [-0.39, 0.29) is 12.7 Å². The number of rotatable bonds is 4. The molecule has 34 heavy (non-hydrogen) atoms. The molecule has 3 aliphatic rings. The summed E-state index contributed by atoms with van der Waals surface area (Å²) in [6, 6.07) is 18.1. The number of anilines is 2. The van der Waals surface area contributed by atoms with Crippen LogP contribution in [0.25, 0.3) is 11.2 Å². The minimum absolute atomic E-state index is 0.160. The number of imidazole rings is 1. The van der Waals surface area contributed by atoms with E-state index >= 15 is 0 Å². The summed E-state index contributed by atoms with van der Waals surface area (Å²) in [7, 11) is 0. The standard InChI is InChI=1S/C25H23N5O4/c31-12-18-20-21(34-25(33-20)10-15-6-4-5-7-16(15)11-25)24(32-18)30-14-28-19-22(26-13-27-23(19)30)29-17-8-2-1-3-9-17/h1-9,13-14,18,20-21,24,31H,10-12H2,(H,26,27,29)/t18-,20-,21-,24-/m1/s1. The van der Waals surface area contributed by atoms with Crippen LogP contribution in [0.3, 0.4) is 0 Å². The van der Waals surface area contributed by atoms with Crippen molar-refractivity contribution in [3.8, 4) is 0 Å². The number of hydrogen-bond acceptors (Lipinski definition) is 8. The zero-order chi connectivity index (χ0) is 22.7. The highest BCUT2D eigenvalue weighted by Crippen LogP contribution is 2.48. The maximum Gasteiger partial charge on any atom is 0.177 e. The fourth-order valence-electron chi connectivity index (χ4n) is 5.37. The lowest BCUT2D eigenvalue weighted by Gasteiger charge is -2.27. The van der Waals surface area contributed by atoms with E-state index in [0.717, 1.165) is 5.69 Å². The Kier molecular flexibility index (Phi) is 4.46. The minimum Gasteiger partial charge on any atom is -0.394 e. The second kappa shape index (κ2) is 7.57. The molecule has 9 heteroatoms. The predicted molar refractivity (Wildman–Crippen MR) is 122 cm³/mol. The maximum atomic E-state index is 10.0. The van der Waals surface area contributed by atoms with E-state index in [1.807, 2.05) is 47.0 Å². The van der Waals surface area contributed by atoms with E-state index in [0.29, 0.717) is 29.8 Å². The van der Waals surface area contributed by atoms with Gasteiger partial charge in [0.25, 0.3) is 0 Å². The van der Waals surface area contributed by atoms with Gasteiger partial charge in [0.15, 0.2) is 29.0 Å². The molecule has 0 bridgehead atoms. The van der Waals surface area contributed by atoms with Crippen molar-refractivity contribution in [2.75, 3.05) is 11.9 Å². The van der Waals surface area contributed by atoms with Crippen molar-refractivity contribution in [3.05, 3.63) is 78.4 Å². The second-order valence-electron chi connectivity index (χ2n) is 8.98. The number of nitrogens with one attached hydrogen (secondary N) is 1. The minimum atomic E-state index is -0.736. The molecule has 2 fully saturated rings. The van der Waals surface area contributed by atoms with Crippen LogP contribution in [0, 0.1) is 0 Å². The Bertz CT molecular complexity index is 1330. The number of hydrogen-bond donors (Lipinski definition) is 2. The normalized spacial score (nSPS) is 26.7. The molecule has 4 aromatic rings. The molecule has 0 unspecified atom stereocenters. The molecule has 4 atom stereocenters. The van der Waals surface area contributed by atoms with E-state index in [2.05, 4.69) is 32.4 Å². The number of fused-ring (bicyclic) bond motifs is 3. The largest absolute Gasteiger partial charge is 0.394 e. The average molecular weight is 457 g/mol. The summed E-state index contributed by atoms with van der Waals surface area (Å²) in [4.78, 5) is 13.5. The van der Waals surface area contributed by atoms with E-state index < -0.39 is 24.2 Å². The quantitative estimate of drug-likeness (QED) is 0.482. The van der Waals surface area contributed by atoms with Crippen molar-refractivity contribution < 1.29 is 19.3 Å². The van der Waals surface area contributed by atoms with Crippen LogP contribution in [0.15, 0.2) is 67.3 Å². The lowest BCUT2D eigenvalue weighted by Crippen LogP contribution is -2.36. The van der Waals surface area contributed by atoms with Crippen LogP contribution in [0.5, 0.6) is 0 Å². The summed E-state index contributed by atoms with van der Waals surface area (Å²) >= 11 is 0. The SMILES string of the molecule is OC[C@H]1O[C@@H](n2cnc3c(Nc4ccccc4)ncnc32)[C@@H]2OC3(Cc4ccccc4C3)O[C@@H]21. The van der Waals surface area contributed by atoms with E-state index in [1.54, 1.807) is 6.33 Å². The van der Waals surface area contributed by atoms with Gasteiger partial charge in [-0.3, -0.25) is 4.57 Å². The maximum absolute atomic E-state index is 10.0. The number of aliphatic hydroxyl groups excluding tert-OH is 1. The van der Waals surface area contributed by atoms with E-state index in [4.69, 9.17) is 14.2 Å². The third-order valence-electron chi connectivity index (χ3n) is 6.87. The molecule has 9 nitrogen and oxygen atoms in total. The van der Waals surface area contributed by atoms with Gasteiger partial charge in [0.05, 0.1) is 12.9 Å².